The summed E-state index contributed by atoms with van der Waals surface area (Å²) in [5.74, 6) is 0. The summed E-state index contributed by atoms with van der Waals surface area (Å²) < 4.78 is 1.82. The summed E-state index contributed by atoms with van der Waals surface area (Å²) in [7, 11) is 0. The number of nitrogens with zero attached hydrogens (tertiary/aromatic N) is 2. The minimum absolute atomic E-state index is 0.619. The lowest BCUT2D eigenvalue weighted by Gasteiger charge is -2.03. The molecule has 0 aliphatic carbocycles. The van der Waals surface area contributed by atoms with Crippen LogP contribution in [0, 0.1) is 0 Å². The molecule has 0 amide bonds. The minimum atomic E-state index is 0.619. The van der Waals surface area contributed by atoms with E-state index in [0.717, 1.165) is 21.8 Å². The molecule has 19 heavy (non-hydrogen) atoms. The van der Waals surface area contributed by atoms with E-state index in [1.165, 1.54) is 0 Å². The van der Waals surface area contributed by atoms with Gasteiger partial charge in [0, 0.05) is 22.2 Å². The molecule has 2 aromatic heterocycles. The third kappa shape index (κ3) is 2.50. The number of aromatic nitrogens is 2. The van der Waals surface area contributed by atoms with Crippen LogP contribution in [-0.2, 0) is 6.54 Å². The first-order chi connectivity index (χ1) is 9.24. The molecule has 0 bridgehead atoms. The zero-order valence-electron chi connectivity index (χ0n) is 10.1. The number of hydrogen-bond donors (Lipinski definition) is 1. The second-order valence-corrected chi connectivity index (χ2v) is 5.42. The predicted octanol–water partition coefficient (Wildman–Crippen LogP) is 3.90. The van der Waals surface area contributed by atoms with Crippen LogP contribution in [-0.4, -0.2) is 9.78 Å². The molecule has 0 aliphatic heterocycles. The van der Waals surface area contributed by atoms with Crippen molar-refractivity contribution in [2.45, 2.75) is 6.54 Å². The molecule has 2 heterocycles. The summed E-state index contributed by atoms with van der Waals surface area (Å²) in [6.45, 7) is 0.619. The van der Waals surface area contributed by atoms with Crippen molar-refractivity contribution in [3.63, 3.8) is 0 Å². The number of anilines is 1. The Balaban J connectivity index is 1.91. The molecule has 0 atom stereocenters. The minimum Gasteiger partial charge on any atom is -0.396 e. The molecule has 0 saturated heterocycles. The van der Waals surface area contributed by atoms with Crippen molar-refractivity contribution in [1.29, 1.82) is 0 Å². The van der Waals surface area contributed by atoms with E-state index in [1.54, 1.807) is 11.3 Å². The monoisotopic (exact) mass is 289 g/mol. The van der Waals surface area contributed by atoms with Crippen LogP contribution in [0.3, 0.4) is 0 Å². The van der Waals surface area contributed by atoms with Gasteiger partial charge in [-0.3, -0.25) is 4.68 Å². The molecular formula is C14H12ClN3S. The maximum absolute atomic E-state index is 6.15. The lowest BCUT2D eigenvalue weighted by Crippen LogP contribution is -2.00. The summed E-state index contributed by atoms with van der Waals surface area (Å²) in [5.41, 5.74) is 9.61. The molecule has 5 heteroatoms. The van der Waals surface area contributed by atoms with Gasteiger partial charge in [0.05, 0.1) is 12.2 Å². The summed E-state index contributed by atoms with van der Waals surface area (Å²) in [6.07, 6.45) is 1.84. The van der Waals surface area contributed by atoms with Gasteiger partial charge in [0.25, 0.3) is 0 Å². The summed E-state index contributed by atoms with van der Waals surface area (Å²) >= 11 is 7.78. The van der Waals surface area contributed by atoms with Crippen LogP contribution in [0.25, 0.3) is 11.3 Å². The quantitative estimate of drug-likeness (QED) is 0.795. The Morgan fingerprint density at radius 1 is 1.26 bits per heavy atom. The molecule has 0 aliphatic rings. The standard InChI is InChI=1S/C14H12ClN3S/c15-12-4-2-1-3-10(12)7-18-8-13(16)14(17-18)11-5-6-19-9-11/h1-6,8-9H,7,16H2. The average Bonchev–Trinajstić information content (AvgIpc) is 3.01. The van der Waals surface area contributed by atoms with Gasteiger partial charge in [0.15, 0.2) is 0 Å². The average molecular weight is 290 g/mol. The fourth-order valence-electron chi connectivity index (χ4n) is 1.94. The Morgan fingerprint density at radius 2 is 2.11 bits per heavy atom. The van der Waals surface area contributed by atoms with Gasteiger partial charge in [-0.1, -0.05) is 29.8 Å². The van der Waals surface area contributed by atoms with Crippen molar-refractivity contribution < 1.29 is 0 Å². The fraction of sp³-hybridized carbons (Fsp3) is 0.0714. The smallest absolute Gasteiger partial charge is 0.116 e. The van der Waals surface area contributed by atoms with Crippen LogP contribution in [0.5, 0.6) is 0 Å². The molecule has 0 unspecified atom stereocenters. The van der Waals surface area contributed by atoms with Gasteiger partial charge in [-0.25, -0.2) is 0 Å². The van der Waals surface area contributed by atoms with E-state index in [0.29, 0.717) is 12.2 Å². The van der Waals surface area contributed by atoms with Crippen molar-refractivity contribution >= 4 is 28.6 Å². The van der Waals surface area contributed by atoms with Crippen molar-refractivity contribution in [3.05, 3.63) is 57.9 Å². The zero-order valence-corrected chi connectivity index (χ0v) is 11.7. The molecule has 0 radical (unpaired) electrons. The van der Waals surface area contributed by atoms with Gasteiger partial charge in [-0.05, 0) is 23.1 Å². The van der Waals surface area contributed by atoms with Gasteiger partial charge in [0.1, 0.15) is 5.69 Å². The van der Waals surface area contributed by atoms with Gasteiger partial charge < -0.3 is 5.73 Å². The van der Waals surface area contributed by atoms with Crippen LogP contribution in [0.4, 0.5) is 5.69 Å². The fourth-order valence-corrected chi connectivity index (χ4v) is 2.78. The van der Waals surface area contributed by atoms with Gasteiger partial charge >= 0.3 is 0 Å². The molecule has 3 aromatic rings. The number of thiophene rings is 1. The highest BCUT2D eigenvalue weighted by Gasteiger charge is 2.09. The molecule has 96 valence electrons. The number of nitrogen functional groups attached to an aromatic ring is 1. The third-order valence-corrected chi connectivity index (χ3v) is 3.93. The SMILES string of the molecule is Nc1cn(Cc2ccccc2Cl)nc1-c1ccsc1. The zero-order chi connectivity index (χ0) is 13.2. The van der Waals surface area contributed by atoms with E-state index in [4.69, 9.17) is 17.3 Å². The van der Waals surface area contributed by atoms with Gasteiger partial charge in [0.2, 0.25) is 0 Å². The van der Waals surface area contributed by atoms with Crippen molar-refractivity contribution in [2.75, 3.05) is 5.73 Å². The second-order valence-electron chi connectivity index (χ2n) is 4.23. The molecule has 3 rings (SSSR count). The summed E-state index contributed by atoms with van der Waals surface area (Å²) in [6, 6.07) is 9.77. The Labute approximate surface area is 120 Å². The van der Waals surface area contributed by atoms with E-state index < -0.39 is 0 Å². The highest BCUT2D eigenvalue weighted by atomic mass is 35.5. The van der Waals surface area contributed by atoms with E-state index in [1.807, 2.05) is 52.0 Å². The first-order valence-electron chi connectivity index (χ1n) is 5.83. The van der Waals surface area contributed by atoms with Crippen LogP contribution < -0.4 is 5.73 Å². The highest BCUT2D eigenvalue weighted by molar-refractivity contribution is 7.08. The Kier molecular flexibility index (Phi) is 3.27. The third-order valence-electron chi connectivity index (χ3n) is 2.87. The van der Waals surface area contributed by atoms with Gasteiger partial charge in [-0.15, -0.1) is 0 Å². The molecule has 0 saturated carbocycles. The van der Waals surface area contributed by atoms with Crippen molar-refractivity contribution in [1.82, 2.24) is 9.78 Å². The maximum atomic E-state index is 6.15. The molecule has 0 spiro atoms. The molecular weight excluding hydrogens is 278 g/mol. The number of rotatable bonds is 3. The molecule has 1 aromatic carbocycles. The van der Waals surface area contributed by atoms with Crippen LogP contribution in [0.1, 0.15) is 5.56 Å². The molecule has 2 N–H and O–H groups in total. The second kappa shape index (κ2) is 5.07. The number of halogens is 1. The molecule has 3 nitrogen and oxygen atoms in total. The Hall–Kier alpha value is -1.78. The first kappa shape index (κ1) is 12.3. The number of benzene rings is 1. The highest BCUT2D eigenvalue weighted by Crippen LogP contribution is 2.26. The van der Waals surface area contributed by atoms with Gasteiger partial charge in [-0.2, -0.15) is 16.4 Å². The van der Waals surface area contributed by atoms with E-state index in [-0.39, 0.29) is 0 Å². The van der Waals surface area contributed by atoms with Crippen LogP contribution in [0.2, 0.25) is 5.02 Å². The number of hydrogen-bond acceptors (Lipinski definition) is 3. The predicted molar refractivity (Wildman–Crippen MR) is 80.5 cm³/mol. The number of nitrogens with two attached hydrogens (primary N) is 1. The van der Waals surface area contributed by atoms with Crippen molar-refractivity contribution in [3.8, 4) is 11.3 Å². The van der Waals surface area contributed by atoms with E-state index >= 15 is 0 Å². The Morgan fingerprint density at radius 3 is 2.84 bits per heavy atom. The normalized spacial score (nSPS) is 10.8. The Bertz CT molecular complexity index is 689. The van der Waals surface area contributed by atoms with Crippen LogP contribution in [0.15, 0.2) is 47.3 Å². The van der Waals surface area contributed by atoms with Crippen LogP contribution >= 0.6 is 22.9 Å². The summed E-state index contributed by atoms with van der Waals surface area (Å²) in [4.78, 5) is 0. The van der Waals surface area contributed by atoms with Crippen molar-refractivity contribution in [2.24, 2.45) is 0 Å². The topological polar surface area (TPSA) is 43.8 Å². The van der Waals surface area contributed by atoms with E-state index in [2.05, 4.69) is 5.10 Å². The maximum Gasteiger partial charge on any atom is 0.116 e. The largest absolute Gasteiger partial charge is 0.396 e. The lowest BCUT2D eigenvalue weighted by atomic mass is 10.2. The molecule has 0 fully saturated rings. The van der Waals surface area contributed by atoms with E-state index in [9.17, 15) is 0 Å². The first-order valence-corrected chi connectivity index (χ1v) is 7.15. The summed E-state index contributed by atoms with van der Waals surface area (Å²) in [5, 5.41) is 9.33. The lowest BCUT2D eigenvalue weighted by molar-refractivity contribution is 0.690.